The van der Waals surface area contributed by atoms with Crippen LogP contribution in [0, 0.1) is 0 Å². The topological polar surface area (TPSA) is 25.8 Å². The summed E-state index contributed by atoms with van der Waals surface area (Å²) >= 11 is 0. The van der Waals surface area contributed by atoms with E-state index in [-0.39, 0.29) is 0 Å². The Morgan fingerprint density at radius 1 is 0.722 bits per heavy atom. The smallest absolute Gasteiger partial charge is 0.0923 e. The van der Waals surface area contributed by atoms with Crippen LogP contribution in [0.3, 0.4) is 0 Å². The lowest BCUT2D eigenvalue weighted by atomic mass is 9.94. The van der Waals surface area contributed by atoms with Gasteiger partial charge in [0.25, 0.3) is 0 Å². The fraction of sp³-hybridized carbons (Fsp3) is 0.375. The van der Waals surface area contributed by atoms with Gasteiger partial charge in [0.05, 0.1) is 11.4 Å². The second-order valence-electron chi connectivity index (χ2n) is 5.19. The molecule has 0 aliphatic rings. The first-order valence-corrected chi connectivity index (χ1v) is 6.51. The third kappa shape index (κ3) is 2.42. The quantitative estimate of drug-likeness (QED) is 0.795. The molecule has 0 unspecified atom stereocenters. The summed E-state index contributed by atoms with van der Waals surface area (Å²) in [6.07, 6.45) is 3.69. The Hall–Kier alpha value is -1.70. The van der Waals surface area contributed by atoms with Gasteiger partial charge < -0.3 is 0 Å². The summed E-state index contributed by atoms with van der Waals surface area (Å²) in [5.74, 6) is 0.909. The molecule has 0 aliphatic carbocycles. The van der Waals surface area contributed by atoms with Crippen LogP contribution in [0.2, 0.25) is 0 Å². The van der Waals surface area contributed by atoms with Gasteiger partial charge in [-0.15, -0.1) is 0 Å². The van der Waals surface area contributed by atoms with Crippen LogP contribution in [0.15, 0.2) is 36.7 Å². The van der Waals surface area contributed by atoms with Crippen molar-refractivity contribution in [1.82, 2.24) is 9.97 Å². The third-order valence-corrected chi connectivity index (χ3v) is 3.15. The van der Waals surface area contributed by atoms with Crippen molar-refractivity contribution < 1.29 is 0 Å². The van der Waals surface area contributed by atoms with E-state index in [0.29, 0.717) is 11.8 Å². The molecule has 0 aromatic carbocycles. The Morgan fingerprint density at radius 2 is 1.11 bits per heavy atom. The maximum Gasteiger partial charge on any atom is 0.0923 e. The lowest BCUT2D eigenvalue weighted by Crippen LogP contribution is -2.01. The van der Waals surface area contributed by atoms with Crippen molar-refractivity contribution in [2.45, 2.75) is 39.5 Å². The molecular weight excluding hydrogens is 220 g/mol. The van der Waals surface area contributed by atoms with E-state index >= 15 is 0 Å². The summed E-state index contributed by atoms with van der Waals surface area (Å²) in [5.41, 5.74) is 4.57. The summed E-state index contributed by atoms with van der Waals surface area (Å²) in [4.78, 5) is 9.10. The van der Waals surface area contributed by atoms with Gasteiger partial charge in [-0.1, -0.05) is 39.8 Å². The molecule has 0 saturated heterocycles. The van der Waals surface area contributed by atoms with Crippen LogP contribution in [0.5, 0.6) is 0 Å². The van der Waals surface area contributed by atoms with Crippen LogP contribution in [0.4, 0.5) is 0 Å². The minimum atomic E-state index is 0.454. The summed E-state index contributed by atoms with van der Waals surface area (Å²) in [6, 6.07) is 8.28. The summed E-state index contributed by atoms with van der Waals surface area (Å²) in [6.45, 7) is 8.77. The molecule has 0 saturated carbocycles. The van der Waals surface area contributed by atoms with Gasteiger partial charge in [0.2, 0.25) is 0 Å². The number of rotatable bonds is 3. The van der Waals surface area contributed by atoms with Crippen LogP contribution in [-0.4, -0.2) is 9.97 Å². The van der Waals surface area contributed by atoms with Crippen LogP contribution < -0.4 is 0 Å². The molecule has 18 heavy (non-hydrogen) atoms. The molecule has 0 spiro atoms. The maximum absolute atomic E-state index is 4.55. The van der Waals surface area contributed by atoms with Gasteiger partial charge in [0.15, 0.2) is 0 Å². The number of hydrogen-bond donors (Lipinski definition) is 0. The number of pyridine rings is 2. The highest BCUT2D eigenvalue weighted by atomic mass is 14.8. The molecule has 0 fully saturated rings. The molecule has 0 amide bonds. The lowest BCUT2D eigenvalue weighted by molar-refractivity contribution is 0.843. The third-order valence-electron chi connectivity index (χ3n) is 3.15. The molecule has 2 heterocycles. The molecule has 2 aromatic heterocycles. The Balaban J connectivity index is 2.62. The zero-order valence-corrected chi connectivity index (χ0v) is 11.5. The van der Waals surface area contributed by atoms with Gasteiger partial charge in [0, 0.05) is 12.4 Å². The number of nitrogens with zero attached hydrogens (tertiary/aromatic N) is 2. The van der Waals surface area contributed by atoms with Crippen molar-refractivity contribution in [2.24, 2.45) is 0 Å². The van der Waals surface area contributed by atoms with Gasteiger partial charge in [-0.25, -0.2) is 0 Å². The second kappa shape index (κ2) is 5.30. The molecule has 2 nitrogen and oxygen atoms in total. The predicted molar refractivity (Wildman–Crippen MR) is 75.6 cm³/mol. The Bertz CT molecular complexity index is 481. The van der Waals surface area contributed by atoms with Gasteiger partial charge in [-0.3, -0.25) is 9.97 Å². The molecule has 0 aliphatic heterocycles. The average Bonchev–Trinajstić information content (AvgIpc) is 2.38. The SMILES string of the molecule is CC(C)c1cccnc1-c1ncccc1C(C)C. The molecule has 0 radical (unpaired) electrons. The van der Waals surface area contributed by atoms with Crippen LogP contribution in [-0.2, 0) is 0 Å². The van der Waals surface area contributed by atoms with Crippen LogP contribution in [0.25, 0.3) is 11.4 Å². The van der Waals surface area contributed by atoms with Crippen molar-refractivity contribution in [1.29, 1.82) is 0 Å². The number of aromatic nitrogens is 2. The predicted octanol–water partition coefficient (Wildman–Crippen LogP) is 4.39. The van der Waals surface area contributed by atoms with Gasteiger partial charge in [-0.2, -0.15) is 0 Å². The first-order chi connectivity index (χ1) is 8.61. The van der Waals surface area contributed by atoms with Crippen molar-refractivity contribution in [3.05, 3.63) is 47.8 Å². The molecule has 2 aromatic rings. The van der Waals surface area contributed by atoms with E-state index < -0.39 is 0 Å². The Morgan fingerprint density at radius 3 is 1.44 bits per heavy atom. The molecule has 0 atom stereocenters. The van der Waals surface area contributed by atoms with E-state index in [1.54, 1.807) is 0 Å². The number of hydrogen-bond acceptors (Lipinski definition) is 2. The fourth-order valence-corrected chi connectivity index (χ4v) is 2.16. The van der Waals surface area contributed by atoms with Gasteiger partial charge in [0.1, 0.15) is 0 Å². The minimum absolute atomic E-state index is 0.454. The van der Waals surface area contributed by atoms with Crippen molar-refractivity contribution in [2.75, 3.05) is 0 Å². The van der Waals surface area contributed by atoms with E-state index in [0.717, 1.165) is 11.4 Å². The molecule has 0 N–H and O–H groups in total. The molecular formula is C16H20N2. The first kappa shape index (κ1) is 12.7. The highest BCUT2D eigenvalue weighted by Gasteiger charge is 2.15. The van der Waals surface area contributed by atoms with Gasteiger partial charge >= 0.3 is 0 Å². The Labute approximate surface area is 109 Å². The maximum atomic E-state index is 4.55. The summed E-state index contributed by atoms with van der Waals surface area (Å²) in [5, 5.41) is 0. The summed E-state index contributed by atoms with van der Waals surface area (Å²) in [7, 11) is 0. The van der Waals surface area contributed by atoms with Crippen molar-refractivity contribution >= 4 is 0 Å². The molecule has 2 heteroatoms. The molecule has 2 rings (SSSR count). The molecule has 0 bridgehead atoms. The highest BCUT2D eigenvalue weighted by molar-refractivity contribution is 5.63. The van der Waals surface area contributed by atoms with E-state index in [4.69, 9.17) is 0 Å². The second-order valence-corrected chi connectivity index (χ2v) is 5.19. The normalized spacial score (nSPS) is 11.2. The first-order valence-electron chi connectivity index (χ1n) is 6.51. The lowest BCUT2D eigenvalue weighted by Gasteiger charge is -2.15. The van der Waals surface area contributed by atoms with Gasteiger partial charge in [-0.05, 0) is 35.1 Å². The Kier molecular flexibility index (Phi) is 3.75. The van der Waals surface area contributed by atoms with Crippen LogP contribution >= 0.6 is 0 Å². The minimum Gasteiger partial charge on any atom is -0.254 e. The van der Waals surface area contributed by atoms with E-state index in [1.807, 2.05) is 24.5 Å². The summed E-state index contributed by atoms with van der Waals surface area (Å²) < 4.78 is 0. The van der Waals surface area contributed by atoms with E-state index in [9.17, 15) is 0 Å². The molecule has 94 valence electrons. The highest BCUT2D eigenvalue weighted by Crippen LogP contribution is 2.30. The fourth-order valence-electron chi connectivity index (χ4n) is 2.16. The van der Waals surface area contributed by atoms with E-state index in [1.165, 1.54) is 11.1 Å². The monoisotopic (exact) mass is 240 g/mol. The zero-order valence-electron chi connectivity index (χ0n) is 11.5. The average molecular weight is 240 g/mol. The van der Waals surface area contributed by atoms with Crippen LogP contribution in [0.1, 0.15) is 50.7 Å². The largest absolute Gasteiger partial charge is 0.254 e. The van der Waals surface area contributed by atoms with E-state index in [2.05, 4.69) is 49.8 Å². The van der Waals surface area contributed by atoms with Crippen molar-refractivity contribution in [3.63, 3.8) is 0 Å². The zero-order chi connectivity index (χ0) is 13.1. The van der Waals surface area contributed by atoms with Crippen molar-refractivity contribution in [3.8, 4) is 11.4 Å². The standard InChI is InChI=1S/C16H20N2/c1-11(2)13-7-5-9-17-15(13)16-14(12(3)4)8-6-10-18-16/h5-12H,1-4H3.